The number of anilines is 2. The number of tetrazole rings is 1. The second-order valence-corrected chi connectivity index (χ2v) is 7.20. The molecular formula is C20H21ClN6O. The van der Waals surface area contributed by atoms with Gasteiger partial charge in [0, 0.05) is 23.7 Å². The number of amides is 1. The molecule has 1 N–H and O–H groups in total. The summed E-state index contributed by atoms with van der Waals surface area (Å²) in [6.45, 7) is 2.03. The summed E-state index contributed by atoms with van der Waals surface area (Å²) < 4.78 is 0. The van der Waals surface area contributed by atoms with Crippen LogP contribution in [0.1, 0.15) is 19.3 Å². The Balaban J connectivity index is 1.43. The summed E-state index contributed by atoms with van der Waals surface area (Å²) in [7, 11) is 0. The Morgan fingerprint density at radius 3 is 2.57 bits per heavy atom. The Kier molecular flexibility index (Phi) is 5.53. The van der Waals surface area contributed by atoms with Crippen molar-refractivity contribution in [2.75, 3.05) is 23.3 Å². The average Bonchev–Trinajstić information content (AvgIpc) is 3.18. The summed E-state index contributed by atoms with van der Waals surface area (Å²) >= 11 is 5.90. The minimum absolute atomic E-state index is 0.00504. The van der Waals surface area contributed by atoms with E-state index < -0.39 is 0 Å². The van der Waals surface area contributed by atoms with Crippen LogP contribution in [-0.4, -0.2) is 39.2 Å². The van der Waals surface area contributed by atoms with Crippen molar-refractivity contribution in [1.82, 2.24) is 20.2 Å². The van der Waals surface area contributed by atoms with E-state index in [2.05, 4.69) is 25.6 Å². The molecule has 1 aromatic heterocycles. The first-order chi connectivity index (χ1) is 13.7. The van der Waals surface area contributed by atoms with Crippen LogP contribution in [0.2, 0.25) is 5.02 Å². The predicted octanol–water partition coefficient (Wildman–Crippen LogP) is 3.62. The quantitative estimate of drug-likeness (QED) is 0.712. The smallest absolute Gasteiger partial charge is 0.248 e. The number of carbonyl (C=O) groups excluding carboxylic acids is 1. The normalized spacial score (nSPS) is 14.1. The zero-order valence-electron chi connectivity index (χ0n) is 15.4. The van der Waals surface area contributed by atoms with Crippen molar-refractivity contribution in [3.8, 4) is 11.4 Å². The minimum Gasteiger partial charge on any atom is -0.370 e. The summed E-state index contributed by atoms with van der Waals surface area (Å²) in [5, 5.41) is 15.9. The lowest BCUT2D eigenvalue weighted by Crippen LogP contribution is -2.30. The first kappa shape index (κ1) is 18.4. The molecule has 1 aliphatic rings. The van der Waals surface area contributed by atoms with E-state index in [1.807, 2.05) is 36.4 Å². The van der Waals surface area contributed by atoms with Crippen LogP contribution in [0.15, 0.2) is 48.5 Å². The van der Waals surface area contributed by atoms with Crippen molar-refractivity contribution in [2.24, 2.45) is 0 Å². The van der Waals surface area contributed by atoms with Gasteiger partial charge >= 0.3 is 0 Å². The van der Waals surface area contributed by atoms with E-state index in [0.717, 1.165) is 30.0 Å². The number of aromatic nitrogens is 4. The predicted molar refractivity (Wildman–Crippen MR) is 109 cm³/mol. The summed E-state index contributed by atoms with van der Waals surface area (Å²) in [6, 6.07) is 15.1. The Morgan fingerprint density at radius 2 is 1.79 bits per heavy atom. The minimum atomic E-state index is -0.190. The Bertz CT molecular complexity index is 949. The van der Waals surface area contributed by atoms with Gasteiger partial charge in [-0.05, 0) is 60.9 Å². The lowest BCUT2D eigenvalue weighted by atomic mass is 10.1. The molecule has 0 spiro atoms. The lowest BCUT2D eigenvalue weighted by molar-refractivity contribution is -0.117. The third-order valence-corrected chi connectivity index (χ3v) is 4.97. The molecule has 0 unspecified atom stereocenters. The molecule has 0 saturated carbocycles. The maximum Gasteiger partial charge on any atom is 0.248 e. The fourth-order valence-corrected chi connectivity index (χ4v) is 3.46. The fourth-order valence-electron chi connectivity index (χ4n) is 3.33. The fraction of sp³-hybridized carbons (Fsp3) is 0.300. The van der Waals surface area contributed by atoms with Gasteiger partial charge in [0.25, 0.3) is 0 Å². The molecule has 1 fully saturated rings. The van der Waals surface area contributed by atoms with Gasteiger partial charge < -0.3 is 10.2 Å². The molecule has 0 atom stereocenters. The number of para-hydroxylation sites is 2. The van der Waals surface area contributed by atoms with Gasteiger partial charge in [0.2, 0.25) is 11.7 Å². The second-order valence-electron chi connectivity index (χ2n) is 6.76. The number of rotatable bonds is 5. The molecule has 4 rings (SSSR count). The van der Waals surface area contributed by atoms with Crippen LogP contribution < -0.4 is 10.2 Å². The number of hydrogen-bond donors (Lipinski definition) is 1. The van der Waals surface area contributed by atoms with Crippen molar-refractivity contribution in [2.45, 2.75) is 25.8 Å². The molecule has 2 heterocycles. The average molecular weight is 397 g/mol. The highest BCUT2D eigenvalue weighted by atomic mass is 35.5. The molecule has 0 aliphatic carbocycles. The molecule has 28 heavy (non-hydrogen) atoms. The molecule has 8 heteroatoms. The topological polar surface area (TPSA) is 75.9 Å². The first-order valence-electron chi connectivity index (χ1n) is 9.36. The largest absolute Gasteiger partial charge is 0.370 e. The van der Waals surface area contributed by atoms with Gasteiger partial charge in [-0.25, -0.2) is 0 Å². The van der Waals surface area contributed by atoms with Crippen molar-refractivity contribution >= 4 is 28.9 Å². The number of hydrogen-bond acceptors (Lipinski definition) is 5. The molecule has 1 amide bonds. The van der Waals surface area contributed by atoms with Crippen LogP contribution in [0.4, 0.5) is 11.4 Å². The van der Waals surface area contributed by atoms with Crippen LogP contribution in [0, 0.1) is 0 Å². The van der Waals surface area contributed by atoms with Crippen LogP contribution in [0.3, 0.4) is 0 Å². The molecule has 3 aromatic rings. The van der Waals surface area contributed by atoms with E-state index in [4.69, 9.17) is 11.6 Å². The van der Waals surface area contributed by atoms with E-state index in [1.165, 1.54) is 24.1 Å². The van der Waals surface area contributed by atoms with E-state index in [9.17, 15) is 4.79 Å². The van der Waals surface area contributed by atoms with Crippen molar-refractivity contribution in [1.29, 1.82) is 0 Å². The van der Waals surface area contributed by atoms with E-state index >= 15 is 0 Å². The Morgan fingerprint density at radius 1 is 1.04 bits per heavy atom. The Labute approximate surface area is 168 Å². The van der Waals surface area contributed by atoms with Gasteiger partial charge in [0.1, 0.15) is 6.54 Å². The third-order valence-electron chi connectivity index (χ3n) is 4.72. The molecule has 1 aliphatic heterocycles. The SMILES string of the molecule is O=C(Cn1nnc(-c2ccc(Cl)cc2)n1)Nc1ccccc1N1CCCCC1. The van der Waals surface area contributed by atoms with Crippen molar-refractivity contribution in [3.63, 3.8) is 0 Å². The van der Waals surface area contributed by atoms with Crippen molar-refractivity contribution in [3.05, 3.63) is 53.6 Å². The van der Waals surface area contributed by atoms with Gasteiger partial charge in [-0.2, -0.15) is 4.80 Å². The molecule has 7 nitrogen and oxygen atoms in total. The van der Waals surface area contributed by atoms with Gasteiger partial charge in [0.15, 0.2) is 0 Å². The summed E-state index contributed by atoms with van der Waals surface area (Å²) in [4.78, 5) is 16.2. The number of benzene rings is 2. The van der Waals surface area contributed by atoms with Crippen LogP contribution >= 0.6 is 11.6 Å². The highest BCUT2D eigenvalue weighted by Crippen LogP contribution is 2.28. The maximum atomic E-state index is 12.5. The Hall–Kier alpha value is -2.93. The lowest BCUT2D eigenvalue weighted by Gasteiger charge is -2.30. The number of carbonyl (C=O) groups is 1. The molecule has 0 radical (unpaired) electrons. The van der Waals surface area contributed by atoms with Gasteiger partial charge in [-0.3, -0.25) is 4.79 Å². The monoisotopic (exact) mass is 396 g/mol. The zero-order chi connectivity index (χ0) is 19.3. The summed E-state index contributed by atoms with van der Waals surface area (Å²) in [5.41, 5.74) is 2.67. The van der Waals surface area contributed by atoms with Crippen LogP contribution in [-0.2, 0) is 11.3 Å². The van der Waals surface area contributed by atoms with Gasteiger partial charge in [-0.15, -0.1) is 10.2 Å². The maximum absolute atomic E-state index is 12.5. The highest BCUT2D eigenvalue weighted by Gasteiger charge is 2.16. The summed E-state index contributed by atoms with van der Waals surface area (Å²) in [6.07, 6.45) is 3.62. The molecular weight excluding hydrogens is 376 g/mol. The molecule has 2 aromatic carbocycles. The molecule has 144 valence electrons. The molecule has 1 saturated heterocycles. The third kappa shape index (κ3) is 4.31. The van der Waals surface area contributed by atoms with E-state index in [1.54, 1.807) is 12.1 Å². The number of nitrogens with one attached hydrogen (secondary N) is 1. The second kappa shape index (κ2) is 8.39. The highest BCUT2D eigenvalue weighted by molar-refractivity contribution is 6.30. The van der Waals surface area contributed by atoms with Crippen LogP contribution in [0.25, 0.3) is 11.4 Å². The van der Waals surface area contributed by atoms with Crippen molar-refractivity contribution < 1.29 is 4.79 Å². The standard InChI is InChI=1S/C20H21ClN6O/c21-16-10-8-15(9-11-16)20-23-25-27(24-20)14-19(28)22-17-6-2-3-7-18(17)26-12-4-1-5-13-26/h2-3,6-11H,1,4-5,12-14H2,(H,22,28). The first-order valence-corrected chi connectivity index (χ1v) is 9.74. The van der Waals surface area contributed by atoms with Gasteiger partial charge in [0.05, 0.1) is 11.4 Å². The van der Waals surface area contributed by atoms with Crippen LogP contribution in [0.5, 0.6) is 0 Å². The summed E-state index contributed by atoms with van der Waals surface area (Å²) in [5.74, 6) is 0.266. The van der Waals surface area contributed by atoms with E-state index in [-0.39, 0.29) is 12.5 Å². The zero-order valence-corrected chi connectivity index (χ0v) is 16.1. The number of piperidine rings is 1. The van der Waals surface area contributed by atoms with Gasteiger partial charge in [-0.1, -0.05) is 23.7 Å². The number of halogens is 1. The number of nitrogens with zero attached hydrogens (tertiary/aromatic N) is 5. The van der Waals surface area contributed by atoms with E-state index in [0.29, 0.717) is 10.8 Å². The molecule has 0 bridgehead atoms.